The van der Waals surface area contributed by atoms with E-state index in [2.05, 4.69) is 46.8 Å². The number of hydrogen-bond acceptors (Lipinski definition) is 0. The van der Waals surface area contributed by atoms with Gasteiger partial charge in [0, 0.05) is 0 Å². The van der Waals surface area contributed by atoms with Gasteiger partial charge >= 0.3 is 0 Å². The van der Waals surface area contributed by atoms with Crippen molar-refractivity contribution in [2.75, 3.05) is 0 Å². The van der Waals surface area contributed by atoms with Crippen molar-refractivity contribution in [2.24, 2.45) is 17.8 Å². The number of rotatable bonds is 9. The minimum Gasteiger partial charge on any atom is -0.0914 e. The molecule has 0 rings (SSSR count). The highest BCUT2D eigenvalue weighted by Crippen LogP contribution is 2.24. The van der Waals surface area contributed by atoms with Crippen molar-refractivity contribution in [3.8, 4) is 0 Å². The maximum Gasteiger partial charge on any atom is -0.0262 e. The van der Waals surface area contributed by atoms with E-state index in [-0.39, 0.29) is 0 Å². The Morgan fingerprint density at radius 3 is 2.06 bits per heavy atom. The highest BCUT2D eigenvalue weighted by Gasteiger charge is 2.11. The molecule has 0 bridgehead atoms. The third kappa shape index (κ3) is 7.96. The molecule has 0 aliphatic rings. The van der Waals surface area contributed by atoms with Crippen molar-refractivity contribution < 1.29 is 0 Å². The fourth-order valence-electron chi connectivity index (χ4n) is 2.48. The first-order chi connectivity index (χ1) is 7.61. The summed E-state index contributed by atoms with van der Waals surface area (Å²) < 4.78 is 0. The van der Waals surface area contributed by atoms with Gasteiger partial charge in [-0.15, -0.1) is 0 Å². The summed E-state index contributed by atoms with van der Waals surface area (Å²) in [6.45, 7) is 11.5. The van der Waals surface area contributed by atoms with Gasteiger partial charge in [0.2, 0.25) is 0 Å². The molecule has 2 unspecified atom stereocenters. The zero-order valence-electron chi connectivity index (χ0n) is 12.1. The molecule has 0 nitrogen and oxygen atoms in total. The van der Waals surface area contributed by atoms with Gasteiger partial charge in [0.15, 0.2) is 0 Å². The minimum absolute atomic E-state index is 0.772. The molecule has 0 fully saturated rings. The molecule has 0 aliphatic carbocycles. The maximum atomic E-state index is 2.38. The van der Waals surface area contributed by atoms with E-state index in [1.165, 1.54) is 38.5 Å². The van der Waals surface area contributed by atoms with E-state index >= 15 is 0 Å². The normalized spacial score (nSPS) is 15.9. The predicted octanol–water partition coefficient (Wildman–Crippen LogP) is 5.83. The van der Waals surface area contributed by atoms with Crippen molar-refractivity contribution in [2.45, 2.75) is 73.1 Å². The lowest BCUT2D eigenvalue weighted by Gasteiger charge is -2.20. The zero-order chi connectivity index (χ0) is 12.4. The molecule has 0 spiro atoms. The predicted molar refractivity (Wildman–Crippen MR) is 75.7 cm³/mol. The van der Waals surface area contributed by atoms with E-state index in [0.29, 0.717) is 0 Å². The Morgan fingerprint density at radius 2 is 1.56 bits per heavy atom. The quantitative estimate of drug-likeness (QED) is 0.341. The SMILES string of the molecule is CC=CC(C)CCCCC(CCC)C(C)C. The largest absolute Gasteiger partial charge is 0.0914 e. The van der Waals surface area contributed by atoms with Gasteiger partial charge in [0.25, 0.3) is 0 Å². The molecule has 0 heteroatoms. The fourth-order valence-corrected chi connectivity index (χ4v) is 2.48. The Balaban J connectivity index is 3.61. The summed E-state index contributed by atoms with van der Waals surface area (Å²) in [6.07, 6.45) is 12.9. The van der Waals surface area contributed by atoms with E-state index in [1.807, 2.05) is 0 Å². The van der Waals surface area contributed by atoms with Crippen LogP contribution in [0.2, 0.25) is 0 Å². The molecule has 0 saturated carbocycles. The van der Waals surface area contributed by atoms with E-state index in [9.17, 15) is 0 Å². The molecule has 0 aliphatic heterocycles. The number of allylic oxidation sites excluding steroid dienone is 2. The van der Waals surface area contributed by atoms with Crippen LogP contribution in [0, 0.1) is 17.8 Å². The van der Waals surface area contributed by atoms with Crippen LogP contribution in [0.3, 0.4) is 0 Å². The third-order valence-electron chi connectivity index (χ3n) is 3.61. The second kappa shape index (κ2) is 9.93. The monoisotopic (exact) mass is 224 g/mol. The summed E-state index contributed by atoms with van der Waals surface area (Å²) in [6, 6.07) is 0. The van der Waals surface area contributed by atoms with Crippen LogP contribution in [0.4, 0.5) is 0 Å². The molecule has 16 heavy (non-hydrogen) atoms. The van der Waals surface area contributed by atoms with E-state index in [1.54, 1.807) is 0 Å². The molecule has 0 aromatic rings. The standard InChI is InChI=1S/C16H32/c1-6-10-15(5)12-8-9-13-16(11-7-2)14(3)4/h6,10,14-16H,7-9,11-13H2,1-5H3. The highest BCUT2D eigenvalue weighted by atomic mass is 14.2. The average Bonchev–Trinajstić information content (AvgIpc) is 2.22. The Hall–Kier alpha value is -0.260. The molecule has 96 valence electrons. The van der Waals surface area contributed by atoms with Gasteiger partial charge in [-0.1, -0.05) is 72.0 Å². The molecule has 2 atom stereocenters. The molecule has 0 saturated heterocycles. The summed E-state index contributed by atoms with van der Waals surface area (Å²) in [7, 11) is 0. The van der Waals surface area contributed by atoms with Crippen LogP contribution in [0.15, 0.2) is 12.2 Å². The Kier molecular flexibility index (Phi) is 9.77. The Bertz CT molecular complexity index is 167. The second-order valence-corrected chi connectivity index (χ2v) is 5.58. The Morgan fingerprint density at radius 1 is 0.938 bits per heavy atom. The molecule has 0 aromatic carbocycles. The lowest BCUT2D eigenvalue weighted by molar-refractivity contribution is 0.320. The second-order valence-electron chi connectivity index (χ2n) is 5.58. The van der Waals surface area contributed by atoms with Gasteiger partial charge in [-0.05, 0) is 31.1 Å². The van der Waals surface area contributed by atoms with Crippen LogP contribution in [0.1, 0.15) is 73.1 Å². The highest BCUT2D eigenvalue weighted by molar-refractivity contribution is 4.82. The summed E-state index contributed by atoms with van der Waals surface area (Å²) in [5, 5.41) is 0. The first-order valence-corrected chi connectivity index (χ1v) is 7.24. The van der Waals surface area contributed by atoms with Crippen molar-refractivity contribution in [1.82, 2.24) is 0 Å². The molecule has 0 N–H and O–H groups in total. The van der Waals surface area contributed by atoms with Crippen molar-refractivity contribution in [3.63, 3.8) is 0 Å². The van der Waals surface area contributed by atoms with Crippen LogP contribution in [0.5, 0.6) is 0 Å². The lowest BCUT2D eigenvalue weighted by Crippen LogP contribution is -2.08. The molecule has 0 amide bonds. The van der Waals surface area contributed by atoms with Gasteiger partial charge in [-0.25, -0.2) is 0 Å². The van der Waals surface area contributed by atoms with Crippen molar-refractivity contribution in [1.29, 1.82) is 0 Å². The molecular formula is C16H32. The van der Waals surface area contributed by atoms with Crippen LogP contribution in [-0.2, 0) is 0 Å². The fraction of sp³-hybridized carbons (Fsp3) is 0.875. The number of hydrogen-bond donors (Lipinski definition) is 0. The lowest BCUT2D eigenvalue weighted by atomic mass is 9.86. The van der Waals surface area contributed by atoms with Gasteiger partial charge in [-0.3, -0.25) is 0 Å². The first kappa shape index (κ1) is 15.7. The van der Waals surface area contributed by atoms with Crippen molar-refractivity contribution in [3.05, 3.63) is 12.2 Å². The summed E-state index contributed by atoms with van der Waals surface area (Å²) in [5.74, 6) is 2.60. The first-order valence-electron chi connectivity index (χ1n) is 7.24. The van der Waals surface area contributed by atoms with Crippen LogP contribution in [0.25, 0.3) is 0 Å². The Labute approximate surface area is 104 Å². The summed E-state index contributed by atoms with van der Waals surface area (Å²) >= 11 is 0. The van der Waals surface area contributed by atoms with Gasteiger partial charge in [0.05, 0.1) is 0 Å². The van der Waals surface area contributed by atoms with Crippen LogP contribution in [-0.4, -0.2) is 0 Å². The molecule has 0 radical (unpaired) electrons. The van der Waals surface area contributed by atoms with Gasteiger partial charge in [0.1, 0.15) is 0 Å². The summed E-state index contributed by atoms with van der Waals surface area (Å²) in [4.78, 5) is 0. The average molecular weight is 224 g/mol. The number of unbranched alkanes of at least 4 members (excludes halogenated alkanes) is 1. The van der Waals surface area contributed by atoms with Crippen LogP contribution >= 0.6 is 0 Å². The summed E-state index contributed by atoms with van der Waals surface area (Å²) in [5.41, 5.74) is 0. The van der Waals surface area contributed by atoms with Crippen molar-refractivity contribution >= 4 is 0 Å². The van der Waals surface area contributed by atoms with E-state index in [0.717, 1.165) is 17.8 Å². The minimum atomic E-state index is 0.772. The van der Waals surface area contributed by atoms with E-state index < -0.39 is 0 Å². The van der Waals surface area contributed by atoms with Crippen LogP contribution < -0.4 is 0 Å². The zero-order valence-corrected chi connectivity index (χ0v) is 12.1. The third-order valence-corrected chi connectivity index (χ3v) is 3.61. The molecular weight excluding hydrogens is 192 g/mol. The smallest absolute Gasteiger partial charge is 0.0262 e. The molecule has 0 aromatic heterocycles. The van der Waals surface area contributed by atoms with Gasteiger partial charge in [-0.2, -0.15) is 0 Å². The molecule has 0 heterocycles. The topological polar surface area (TPSA) is 0 Å². The van der Waals surface area contributed by atoms with Gasteiger partial charge < -0.3 is 0 Å². The van der Waals surface area contributed by atoms with E-state index in [4.69, 9.17) is 0 Å². The maximum absolute atomic E-state index is 2.38.